The molecule has 4 aromatic carbocycles. The molecule has 5 aromatic rings. The quantitative estimate of drug-likeness (QED) is 0.317. The van der Waals surface area contributed by atoms with Crippen LogP contribution in [0.15, 0.2) is 95.5 Å². The zero-order valence-electron chi connectivity index (χ0n) is 14.6. The molecule has 0 spiro atoms. The van der Waals surface area contributed by atoms with Gasteiger partial charge in [-0.3, -0.25) is 0 Å². The van der Waals surface area contributed by atoms with Crippen molar-refractivity contribution in [3.63, 3.8) is 0 Å². The highest BCUT2D eigenvalue weighted by Crippen LogP contribution is 2.40. The van der Waals surface area contributed by atoms with Crippen LogP contribution < -0.4 is 5.73 Å². The van der Waals surface area contributed by atoms with Crippen molar-refractivity contribution in [1.29, 1.82) is 0 Å². The van der Waals surface area contributed by atoms with Crippen molar-refractivity contribution in [2.75, 3.05) is 5.73 Å². The van der Waals surface area contributed by atoms with Crippen molar-refractivity contribution in [3.8, 4) is 16.8 Å². The fourth-order valence-corrected chi connectivity index (χ4v) is 4.32. The van der Waals surface area contributed by atoms with E-state index in [4.69, 9.17) is 5.73 Å². The molecular formula is C24H17BrN2. The number of nitrogen functional groups attached to an aromatic ring is 1. The maximum absolute atomic E-state index is 6.34. The molecule has 0 aliphatic rings. The third kappa shape index (κ3) is 2.47. The predicted molar refractivity (Wildman–Crippen MR) is 118 cm³/mol. The molecule has 0 saturated carbocycles. The summed E-state index contributed by atoms with van der Waals surface area (Å²) >= 11 is 3.74. The lowest BCUT2D eigenvalue weighted by atomic mass is 10.0. The largest absolute Gasteiger partial charge is 0.398 e. The van der Waals surface area contributed by atoms with E-state index in [9.17, 15) is 0 Å². The Hall–Kier alpha value is -3.04. The first-order valence-corrected chi connectivity index (χ1v) is 9.67. The highest BCUT2D eigenvalue weighted by Gasteiger charge is 2.17. The van der Waals surface area contributed by atoms with E-state index in [1.807, 2.05) is 24.3 Å². The minimum atomic E-state index is 0.786. The first-order valence-electron chi connectivity index (χ1n) is 8.87. The van der Waals surface area contributed by atoms with Crippen LogP contribution in [0.25, 0.3) is 38.6 Å². The number of anilines is 1. The minimum absolute atomic E-state index is 0.786. The molecule has 0 unspecified atom stereocenters. The molecule has 0 amide bonds. The minimum Gasteiger partial charge on any atom is -0.398 e. The summed E-state index contributed by atoms with van der Waals surface area (Å²) in [5, 5.41) is 2.46. The van der Waals surface area contributed by atoms with E-state index in [1.54, 1.807) is 0 Å². The van der Waals surface area contributed by atoms with E-state index in [1.165, 1.54) is 21.8 Å². The Bertz CT molecular complexity index is 1300. The number of benzene rings is 4. The second-order valence-corrected chi connectivity index (χ2v) is 7.45. The zero-order chi connectivity index (χ0) is 18.4. The number of nitrogens with two attached hydrogens (primary N) is 1. The summed E-state index contributed by atoms with van der Waals surface area (Å²) in [5.74, 6) is 0. The number of fused-ring (bicyclic) bond motifs is 3. The van der Waals surface area contributed by atoms with Gasteiger partial charge in [0.25, 0.3) is 0 Å². The highest BCUT2D eigenvalue weighted by molar-refractivity contribution is 9.10. The standard InChI is InChI=1S/C24H17BrN2/c25-20-12-3-6-15-23(20)27-22-14-5-2-9-17(22)19-11-7-10-18(24(19)27)16-8-1-4-13-21(16)26/h1-15H,26H2. The monoisotopic (exact) mass is 412 g/mol. The van der Waals surface area contributed by atoms with Gasteiger partial charge >= 0.3 is 0 Å². The summed E-state index contributed by atoms with van der Waals surface area (Å²) in [6.07, 6.45) is 0. The Labute approximate surface area is 166 Å². The molecule has 5 rings (SSSR count). The van der Waals surface area contributed by atoms with Crippen LogP contribution in [0.1, 0.15) is 0 Å². The molecule has 130 valence electrons. The number of hydrogen-bond acceptors (Lipinski definition) is 1. The lowest BCUT2D eigenvalue weighted by molar-refractivity contribution is 1.17. The molecule has 0 atom stereocenters. The summed E-state index contributed by atoms with van der Waals surface area (Å²) in [6.45, 7) is 0. The van der Waals surface area contributed by atoms with Gasteiger partial charge in [-0.05, 0) is 40.2 Å². The third-order valence-electron chi connectivity index (χ3n) is 5.04. The van der Waals surface area contributed by atoms with Crippen molar-refractivity contribution in [2.24, 2.45) is 0 Å². The molecule has 1 heterocycles. The molecule has 1 aromatic heterocycles. The van der Waals surface area contributed by atoms with E-state index in [0.717, 1.165) is 27.0 Å². The number of rotatable bonds is 2. The Kier molecular flexibility index (Phi) is 3.76. The van der Waals surface area contributed by atoms with Crippen LogP contribution >= 0.6 is 15.9 Å². The second-order valence-electron chi connectivity index (χ2n) is 6.59. The zero-order valence-corrected chi connectivity index (χ0v) is 16.1. The molecular weight excluding hydrogens is 396 g/mol. The van der Waals surface area contributed by atoms with Crippen LogP contribution in [0.5, 0.6) is 0 Å². The van der Waals surface area contributed by atoms with Crippen LogP contribution in [0.3, 0.4) is 0 Å². The van der Waals surface area contributed by atoms with Crippen molar-refractivity contribution in [3.05, 3.63) is 95.5 Å². The van der Waals surface area contributed by atoms with Crippen molar-refractivity contribution >= 4 is 43.4 Å². The van der Waals surface area contributed by atoms with E-state index in [2.05, 4.69) is 87.2 Å². The number of para-hydroxylation sites is 4. The van der Waals surface area contributed by atoms with Gasteiger partial charge in [0.2, 0.25) is 0 Å². The SMILES string of the molecule is Nc1ccccc1-c1cccc2c3ccccc3n(-c3ccccc3Br)c12. The second kappa shape index (κ2) is 6.29. The van der Waals surface area contributed by atoms with Crippen LogP contribution in [0.2, 0.25) is 0 Å². The van der Waals surface area contributed by atoms with Crippen molar-refractivity contribution in [1.82, 2.24) is 4.57 Å². The molecule has 0 aliphatic carbocycles. The summed E-state index contributed by atoms with van der Waals surface area (Å²) in [4.78, 5) is 0. The van der Waals surface area contributed by atoms with Gasteiger partial charge in [-0.2, -0.15) is 0 Å². The van der Waals surface area contributed by atoms with Crippen LogP contribution in [0, 0.1) is 0 Å². The normalized spacial score (nSPS) is 11.3. The topological polar surface area (TPSA) is 30.9 Å². The summed E-state index contributed by atoms with van der Waals surface area (Å²) in [6, 6.07) is 31.4. The smallest absolute Gasteiger partial charge is 0.0620 e. The van der Waals surface area contributed by atoms with Gasteiger partial charge in [-0.15, -0.1) is 0 Å². The maximum Gasteiger partial charge on any atom is 0.0620 e. The van der Waals surface area contributed by atoms with Crippen molar-refractivity contribution in [2.45, 2.75) is 0 Å². The fourth-order valence-electron chi connectivity index (χ4n) is 3.86. The lowest BCUT2D eigenvalue weighted by Crippen LogP contribution is -1.97. The van der Waals surface area contributed by atoms with E-state index < -0.39 is 0 Å². The van der Waals surface area contributed by atoms with Gasteiger partial charge in [0.15, 0.2) is 0 Å². The molecule has 0 fully saturated rings. The first kappa shape index (κ1) is 16.2. The first-order chi connectivity index (χ1) is 13.3. The van der Waals surface area contributed by atoms with Gasteiger partial charge in [0.05, 0.1) is 16.7 Å². The Morgan fingerprint density at radius 2 is 1.30 bits per heavy atom. The predicted octanol–water partition coefficient (Wildman–Crippen LogP) is 6.80. The lowest BCUT2D eigenvalue weighted by Gasteiger charge is -2.14. The summed E-state index contributed by atoms with van der Waals surface area (Å²) < 4.78 is 3.39. The maximum atomic E-state index is 6.34. The van der Waals surface area contributed by atoms with Gasteiger partial charge < -0.3 is 10.3 Å². The fraction of sp³-hybridized carbons (Fsp3) is 0. The van der Waals surface area contributed by atoms with E-state index >= 15 is 0 Å². The van der Waals surface area contributed by atoms with E-state index in [-0.39, 0.29) is 0 Å². The third-order valence-corrected chi connectivity index (χ3v) is 5.71. The number of halogens is 1. The molecule has 27 heavy (non-hydrogen) atoms. The number of nitrogens with zero attached hydrogens (tertiary/aromatic N) is 1. The number of hydrogen-bond donors (Lipinski definition) is 1. The molecule has 0 saturated heterocycles. The molecule has 0 bridgehead atoms. The Balaban J connectivity index is 2.01. The van der Waals surface area contributed by atoms with Gasteiger partial charge in [0, 0.05) is 32.1 Å². The van der Waals surface area contributed by atoms with E-state index in [0.29, 0.717) is 0 Å². The van der Waals surface area contributed by atoms with Crippen LogP contribution in [0.4, 0.5) is 5.69 Å². The molecule has 0 radical (unpaired) electrons. The summed E-state index contributed by atoms with van der Waals surface area (Å²) in [5.41, 5.74) is 12.8. The molecule has 3 heteroatoms. The Morgan fingerprint density at radius 3 is 2.15 bits per heavy atom. The average Bonchev–Trinajstić information content (AvgIpc) is 3.04. The highest BCUT2D eigenvalue weighted by atomic mass is 79.9. The average molecular weight is 413 g/mol. The van der Waals surface area contributed by atoms with Crippen molar-refractivity contribution < 1.29 is 0 Å². The summed E-state index contributed by atoms with van der Waals surface area (Å²) in [7, 11) is 0. The number of aromatic nitrogens is 1. The Morgan fingerprint density at radius 1 is 0.630 bits per heavy atom. The van der Waals surface area contributed by atoms with Gasteiger partial charge in [0.1, 0.15) is 0 Å². The van der Waals surface area contributed by atoms with Gasteiger partial charge in [-0.25, -0.2) is 0 Å². The molecule has 0 aliphatic heterocycles. The molecule has 2 N–H and O–H groups in total. The van der Waals surface area contributed by atoms with Crippen LogP contribution in [-0.2, 0) is 0 Å². The molecule has 2 nitrogen and oxygen atoms in total. The van der Waals surface area contributed by atoms with Gasteiger partial charge in [-0.1, -0.05) is 66.7 Å². The van der Waals surface area contributed by atoms with Crippen LogP contribution in [-0.4, -0.2) is 4.57 Å².